The monoisotopic (exact) mass is 428 g/mol. The number of rotatable bonds is 9. The zero-order chi connectivity index (χ0) is 22.4. The largest absolute Gasteiger partial charge is 0.497 e. The summed E-state index contributed by atoms with van der Waals surface area (Å²) in [7, 11) is 3.17. The lowest BCUT2D eigenvalue weighted by molar-refractivity contribution is -0.132. The summed E-state index contributed by atoms with van der Waals surface area (Å²) in [4.78, 5) is 26.2. The molecular formula is C24H29FN2O4. The van der Waals surface area contributed by atoms with E-state index in [9.17, 15) is 19.1 Å². The van der Waals surface area contributed by atoms with Crippen LogP contribution in [-0.2, 0) is 16.0 Å². The Labute approximate surface area is 182 Å². The number of nitrogens with one attached hydrogen (secondary N) is 1. The highest BCUT2D eigenvalue weighted by molar-refractivity contribution is 5.80. The Morgan fingerprint density at radius 1 is 1.29 bits per heavy atom. The summed E-state index contributed by atoms with van der Waals surface area (Å²) in [6.45, 7) is 0.173. The van der Waals surface area contributed by atoms with Crippen molar-refractivity contribution in [2.45, 2.75) is 43.7 Å². The van der Waals surface area contributed by atoms with E-state index in [1.54, 1.807) is 19.2 Å². The van der Waals surface area contributed by atoms with Gasteiger partial charge in [-0.15, -0.1) is 0 Å². The predicted octanol–water partition coefficient (Wildman–Crippen LogP) is 3.00. The third kappa shape index (κ3) is 5.82. The van der Waals surface area contributed by atoms with Gasteiger partial charge in [0.25, 0.3) is 0 Å². The van der Waals surface area contributed by atoms with Crippen LogP contribution in [0.4, 0.5) is 4.39 Å². The van der Waals surface area contributed by atoms with Gasteiger partial charge in [0.1, 0.15) is 11.6 Å². The molecule has 6 nitrogen and oxygen atoms in total. The fraction of sp³-hybridized carbons (Fsp3) is 0.417. The lowest BCUT2D eigenvalue weighted by Crippen LogP contribution is -2.45. The van der Waals surface area contributed by atoms with Crippen LogP contribution in [0.25, 0.3) is 0 Å². The number of likely N-dealkylation sites (N-methyl/N-ethyl adjacent to an activating group) is 1. The molecule has 1 saturated heterocycles. The van der Waals surface area contributed by atoms with Crippen LogP contribution in [0.3, 0.4) is 0 Å². The molecule has 0 spiro atoms. The Balaban J connectivity index is 1.64. The highest BCUT2D eigenvalue weighted by atomic mass is 19.1. The quantitative estimate of drug-likeness (QED) is 0.644. The zero-order valence-corrected chi connectivity index (χ0v) is 17.9. The summed E-state index contributed by atoms with van der Waals surface area (Å²) in [5, 5.41) is 13.4. The predicted molar refractivity (Wildman–Crippen MR) is 115 cm³/mol. The maximum absolute atomic E-state index is 14.4. The number of ether oxygens (including phenoxy) is 1. The first-order valence-electron chi connectivity index (χ1n) is 10.4. The zero-order valence-electron chi connectivity index (χ0n) is 17.9. The van der Waals surface area contributed by atoms with Crippen LogP contribution in [-0.4, -0.2) is 48.1 Å². The van der Waals surface area contributed by atoms with E-state index in [4.69, 9.17) is 4.74 Å². The molecular weight excluding hydrogens is 399 g/mol. The van der Waals surface area contributed by atoms with Crippen LogP contribution in [0.15, 0.2) is 48.5 Å². The van der Waals surface area contributed by atoms with Gasteiger partial charge in [-0.1, -0.05) is 30.3 Å². The number of hydrogen-bond acceptors (Lipinski definition) is 4. The standard InChI is InChI=1S/C24H29FN2O4/c1-27(16-21(28)17-6-4-3-5-7-17)23(30)11-13-24(12-10-22(29)26-24)15-18-14-19(31-2)8-9-20(18)25/h3-9,14,21,28H,10-13,15-16H2,1-2H3,(H,26,29)/t21-,24-/m0/s1. The van der Waals surface area contributed by atoms with Crippen molar-refractivity contribution in [2.24, 2.45) is 0 Å². The first-order valence-corrected chi connectivity index (χ1v) is 10.4. The molecule has 0 aromatic heterocycles. The maximum Gasteiger partial charge on any atom is 0.222 e. The molecule has 2 N–H and O–H groups in total. The molecule has 2 aromatic carbocycles. The molecule has 1 heterocycles. The summed E-state index contributed by atoms with van der Waals surface area (Å²) in [6.07, 6.45) is 0.963. The molecule has 1 aliphatic heterocycles. The van der Waals surface area contributed by atoms with Gasteiger partial charge in [0.05, 0.1) is 19.8 Å². The van der Waals surface area contributed by atoms with Crippen molar-refractivity contribution in [3.8, 4) is 5.75 Å². The van der Waals surface area contributed by atoms with Gasteiger partial charge >= 0.3 is 0 Å². The highest BCUT2D eigenvalue weighted by Gasteiger charge is 2.38. The Morgan fingerprint density at radius 2 is 2.03 bits per heavy atom. The van der Waals surface area contributed by atoms with Crippen molar-refractivity contribution >= 4 is 11.8 Å². The second kappa shape index (κ2) is 9.92. The number of carbonyl (C=O) groups excluding carboxylic acids is 2. The molecule has 3 rings (SSSR count). The second-order valence-corrected chi connectivity index (χ2v) is 8.16. The Kier molecular flexibility index (Phi) is 7.28. The van der Waals surface area contributed by atoms with Gasteiger partial charge < -0.3 is 20.1 Å². The van der Waals surface area contributed by atoms with Crippen LogP contribution in [0.5, 0.6) is 5.75 Å². The lowest BCUT2D eigenvalue weighted by atomic mass is 9.84. The average molecular weight is 429 g/mol. The van der Waals surface area contributed by atoms with Crippen molar-refractivity contribution < 1.29 is 23.8 Å². The van der Waals surface area contributed by atoms with E-state index in [-0.39, 0.29) is 37.0 Å². The van der Waals surface area contributed by atoms with Gasteiger partial charge in [-0.2, -0.15) is 0 Å². The molecule has 7 heteroatoms. The minimum Gasteiger partial charge on any atom is -0.497 e. The first kappa shape index (κ1) is 22.7. The number of halogens is 1. The topological polar surface area (TPSA) is 78.9 Å². The molecule has 2 amide bonds. The third-order valence-corrected chi connectivity index (χ3v) is 5.89. The minimum absolute atomic E-state index is 0.0939. The molecule has 166 valence electrons. The van der Waals surface area contributed by atoms with E-state index in [1.165, 1.54) is 18.1 Å². The molecule has 31 heavy (non-hydrogen) atoms. The van der Waals surface area contributed by atoms with E-state index >= 15 is 0 Å². The summed E-state index contributed by atoms with van der Waals surface area (Å²) in [5.41, 5.74) is 0.510. The van der Waals surface area contributed by atoms with Gasteiger partial charge in [-0.25, -0.2) is 4.39 Å². The second-order valence-electron chi connectivity index (χ2n) is 8.16. The van der Waals surface area contributed by atoms with E-state index in [1.807, 2.05) is 30.3 Å². The van der Waals surface area contributed by atoms with Gasteiger partial charge in [0.15, 0.2) is 0 Å². The van der Waals surface area contributed by atoms with E-state index in [0.717, 1.165) is 5.56 Å². The van der Waals surface area contributed by atoms with Crippen LogP contribution in [0.2, 0.25) is 0 Å². The minimum atomic E-state index is -0.777. The molecule has 2 atom stereocenters. The number of aliphatic hydroxyl groups is 1. The number of nitrogens with zero attached hydrogens (tertiary/aromatic N) is 1. The highest BCUT2D eigenvalue weighted by Crippen LogP contribution is 2.32. The van der Waals surface area contributed by atoms with E-state index in [2.05, 4.69) is 5.32 Å². The maximum atomic E-state index is 14.4. The van der Waals surface area contributed by atoms with Crippen LogP contribution < -0.4 is 10.1 Å². The molecule has 0 bridgehead atoms. The number of amides is 2. The van der Waals surface area contributed by atoms with Crippen molar-refractivity contribution in [1.29, 1.82) is 0 Å². The normalized spacial score (nSPS) is 19.0. The van der Waals surface area contributed by atoms with E-state index in [0.29, 0.717) is 30.6 Å². The summed E-state index contributed by atoms with van der Waals surface area (Å²) >= 11 is 0. The van der Waals surface area contributed by atoms with E-state index < -0.39 is 11.6 Å². The lowest BCUT2D eigenvalue weighted by Gasteiger charge is -2.30. The van der Waals surface area contributed by atoms with Gasteiger partial charge in [0.2, 0.25) is 11.8 Å². The molecule has 2 aromatic rings. The average Bonchev–Trinajstić information content (AvgIpc) is 3.14. The molecule has 0 aliphatic carbocycles. The molecule has 0 radical (unpaired) electrons. The molecule has 0 saturated carbocycles. The number of benzene rings is 2. The fourth-order valence-corrected chi connectivity index (χ4v) is 4.04. The Hall–Kier alpha value is -2.93. The van der Waals surface area contributed by atoms with Gasteiger partial charge in [-0.05, 0) is 48.6 Å². The van der Waals surface area contributed by atoms with Crippen molar-refractivity contribution in [2.75, 3.05) is 20.7 Å². The number of methoxy groups -OCH3 is 1. The van der Waals surface area contributed by atoms with Crippen LogP contribution in [0, 0.1) is 5.82 Å². The number of aliphatic hydroxyl groups excluding tert-OH is 1. The van der Waals surface area contributed by atoms with Gasteiger partial charge in [0, 0.05) is 25.4 Å². The smallest absolute Gasteiger partial charge is 0.222 e. The third-order valence-electron chi connectivity index (χ3n) is 5.89. The van der Waals surface area contributed by atoms with Crippen molar-refractivity contribution in [3.63, 3.8) is 0 Å². The Bertz CT molecular complexity index is 921. The molecule has 1 aliphatic rings. The molecule has 0 unspecified atom stereocenters. The van der Waals surface area contributed by atoms with Crippen LogP contribution in [0.1, 0.15) is 42.9 Å². The van der Waals surface area contributed by atoms with Gasteiger partial charge in [-0.3, -0.25) is 9.59 Å². The summed E-state index contributed by atoms with van der Waals surface area (Å²) < 4.78 is 19.6. The molecule has 1 fully saturated rings. The summed E-state index contributed by atoms with van der Waals surface area (Å²) in [6, 6.07) is 13.7. The number of hydrogen-bond donors (Lipinski definition) is 2. The number of carbonyl (C=O) groups is 2. The Morgan fingerprint density at radius 3 is 2.68 bits per heavy atom. The SMILES string of the molecule is COc1ccc(F)c(C[C@@]2(CCC(=O)N(C)C[C@H](O)c3ccccc3)CCC(=O)N2)c1. The first-order chi connectivity index (χ1) is 14.8. The fourth-order valence-electron chi connectivity index (χ4n) is 4.04. The van der Waals surface area contributed by atoms with Crippen molar-refractivity contribution in [3.05, 3.63) is 65.5 Å². The van der Waals surface area contributed by atoms with Crippen LogP contribution >= 0.6 is 0 Å². The van der Waals surface area contributed by atoms with Crippen molar-refractivity contribution in [1.82, 2.24) is 10.2 Å². The summed E-state index contributed by atoms with van der Waals surface area (Å²) in [5.74, 6) is -0.0532.